The van der Waals surface area contributed by atoms with E-state index in [-0.39, 0.29) is 18.1 Å². The van der Waals surface area contributed by atoms with Crippen molar-refractivity contribution in [2.75, 3.05) is 5.32 Å². The maximum Gasteiger partial charge on any atom is 0.410 e. The summed E-state index contributed by atoms with van der Waals surface area (Å²) in [5.41, 5.74) is 1.29. The summed E-state index contributed by atoms with van der Waals surface area (Å²) in [6, 6.07) is 15.7. The highest BCUT2D eigenvalue weighted by Gasteiger charge is 2.04. The van der Waals surface area contributed by atoms with Crippen LogP contribution in [0.3, 0.4) is 0 Å². The van der Waals surface area contributed by atoms with Crippen LogP contribution in [0.4, 0.5) is 10.6 Å². The highest BCUT2D eigenvalue weighted by atomic mass is 16.6. The number of benzene rings is 1. The lowest BCUT2D eigenvalue weighted by Crippen LogP contribution is -2.09. The highest BCUT2D eigenvalue weighted by Crippen LogP contribution is 2.07. The summed E-state index contributed by atoms with van der Waals surface area (Å²) in [4.78, 5) is 19.7. The molecule has 1 amide bonds. The van der Waals surface area contributed by atoms with E-state index in [0.29, 0.717) is 11.3 Å². The molecular weight excluding hydrogens is 284 g/mol. The second kappa shape index (κ2) is 7.40. The van der Waals surface area contributed by atoms with Crippen LogP contribution in [0.15, 0.2) is 53.7 Å². The first-order valence-electron chi connectivity index (χ1n) is 6.30. The van der Waals surface area contributed by atoms with Gasteiger partial charge < -0.3 is 9.94 Å². The fourth-order valence-electron chi connectivity index (χ4n) is 1.64. The van der Waals surface area contributed by atoms with Crippen molar-refractivity contribution in [2.24, 2.45) is 5.16 Å². The molecule has 0 unspecified atom stereocenters. The molecule has 1 heterocycles. The van der Waals surface area contributed by atoms with Gasteiger partial charge in [0.05, 0.1) is 5.69 Å². The molecule has 0 radical (unpaired) electrons. The minimum atomic E-state index is -1.19. The maximum absolute atomic E-state index is 10.5. The van der Waals surface area contributed by atoms with Gasteiger partial charge in [-0.2, -0.15) is 5.26 Å². The molecule has 7 nitrogen and oxygen atoms in total. The molecule has 2 aromatic rings. The number of oxime groups is 1. The van der Waals surface area contributed by atoms with E-state index in [9.17, 15) is 4.79 Å². The van der Waals surface area contributed by atoms with Crippen molar-refractivity contribution in [3.8, 4) is 6.07 Å². The predicted octanol–water partition coefficient (Wildman–Crippen LogP) is 2.62. The van der Waals surface area contributed by atoms with Gasteiger partial charge in [-0.1, -0.05) is 41.6 Å². The van der Waals surface area contributed by atoms with Crippen LogP contribution in [0, 0.1) is 11.3 Å². The fourth-order valence-corrected chi connectivity index (χ4v) is 1.64. The first kappa shape index (κ1) is 15.0. The summed E-state index contributed by atoms with van der Waals surface area (Å²) in [7, 11) is 0. The van der Waals surface area contributed by atoms with Gasteiger partial charge >= 0.3 is 6.09 Å². The molecule has 1 aromatic heterocycles. The third kappa shape index (κ3) is 4.31. The van der Waals surface area contributed by atoms with Crippen LogP contribution in [-0.4, -0.2) is 21.9 Å². The lowest BCUT2D eigenvalue weighted by Gasteiger charge is -2.03. The molecule has 0 aliphatic rings. The molecule has 2 rings (SSSR count). The Hall–Kier alpha value is -3.40. The van der Waals surface area contributed by atoms with Crippen LogP contribution in [0.1, 0.15) is 11.3 Å². The molecule has 0 bridgehead atoms. The Bertz CT molecular complexity index is 723. The number of hydrogen-bond donors (Lipinski definition) is 2. The third-order valence-corrected chi connectivity index (χ3v) is 2.56. The maximum atomic E-state index is 10.5. The SMILES string of the molecule is N#C/C(=N\OCc1cccc(NC(=O)O)n1)c1ccccc1. The first-order valence-corrected chi connectivity index (χ1v) is 6.30. The minimum Gasteiger partial charge on any atom is -0.465 e. The van der Waals surface area contributed by atoms with E-state index in [1.165, 1.54) is 6.07 Å². The van der Waals surface area contributed by atoms with Crippen LogP contribution in [-0.2, 0) is 11.4 Å². The molecule has 0 spiro atoms. The number of nitrogens with zero attached hydrogens (tertiary/aromatic N) is 3. The number of carboxylic acid groups (broad SMARTS) is 1. The Morgan fingerprint density at radius 2 is 2.05 bits per heavy atom. The van der Waals surface area contributed by atoms with Gasteiger partial charge in [-0.3, -0.25) is 5.32 Å². The molecule has 22 heavy (non-hydrogen) atoms. The average molecular weight is 296 g/mol. The van der Waals surface area contributed by atoms with E-state index in [4.69, 9.17) is 15.2 Å². The van der Waals surface area contributed by atoms with Crippen LogP contribution < -0.4 is 5.32 Å². The van der Waals surface area contributed by atoms with E-state index in [1.807, 2.05) is 12.1 Å². The molecule has 1 aromatic carbocycles. The Kier molecular flexibility index (Phi) is 5.04. The number of amides is 1. The summed E-state index contributed by atoms with van der Waals surface area (Å²) >= 11 is 0. The number of nitriles is 1. The van der Waals surface area contributed by atoms with Crippen molar-refractivity contribution in [2.45, 2.75) is 6.61 Å². The molecular formula is C15H12N4O3. The highest BCUT2D eigenvalue weighted by molar-refractivity contribution is 6.11. The van der Waals surface area contributed by atoms with E-state index >= 15 is 0 Å². The zero-order valence-electron chi connectivity index (χ0n) is 11.4. The number of nitrogens with one attached hydrogen (secondary N) is 1. The number of rotatable bonds is 5. The van der Waals surface area contributed by atoms with Crippen molar-refractivity contribution in [1.29, 1.82) is 5.26 Å². The largest absolute Gasteiger partial charge is 0.465 e. The van der Waals surface area contributed by atoms with Crippen molar-refractivity contribution in [3.05, 3.63) is 59.8 Å². The van der Waals surface area contributed by atoms with E-state index in [1.54, 1.807) is 36.4 Å². The smallest absolute Gasteiger partial charge is 0.410 e. The average Bonchev–Trinajstić information content (AvgIpc) is 2.52. The van der Waals surface area contributed by atoms with E-state index in [2.05, 4.69) is 15.5 Å². The second-order valence-corrected chi connectivity index (χ2v) is 4.14. The first-order chi connectivity index (χ1) is 10.7. The lowest BCUT2D eigenvalue weighted by atomic mass is 10.1. The van der Waals surface area contributed by atoms with E-state index in [0.717, 1.165) is 0 Å². The predicted molar refractivity (Wildman–Crippen MR) is 79.3 cm³/mol. The van der Waals surface area contributed by atoms with Gasteiger partial charge in [0.25, 0.3) is 0 Å². The normalized spacial score (nSPS) is 10.6. The summed E-state index contributed by atoms with van der Waals surface area (Å²) in [5, 5.41) is 23.6. The zero-order chi connectivity index (χ0) is 15.8. The Morgan fingerprint density at radius 1 is 1.27 bits per heavy atom. The van der Waals surface area contributed by atoms with Crippen LogP contribution in [0.2, 0.25) is 0 Å². The zero-order valence-corrected chi connectivity index (χ0v) is 11.4. The summed E-state index contributed by atoms with van der Waals surface area (Å²) in [5.74, 6) is 0.196. The quantitative estimate of drug-likeness (QED) is 0.651. The number of aromatic nitrogens is 1. The van der Waals surface area contributed by atoms with Gasteiger partial charge in [0.1, 0.15) is 11.9 Å². The topological polar surface area (TPSA) is 108 Å². The van der Waals surface area contributed by atoms with Crippen LogP contribution >= 0.6 is 0 Å². The number of anilines is 1. The van der Waals surface area contributed by atoms with Crippen LogP contribution in [0.5, 0.6) is 0 Å². The standard InChI is InChI=1S/C15H12N4O3/c16-9-13(11-5-2-1-3-6-11)19-22-10-12-7-4-8-14(17-12)18-15(20)21/h1-8H,10H2,(H,17,18)(H,20,21)/b19-13+. The van der Waals surface area contributed by atoms with Crippen molar-refractivity contribution in [1.82, 2.24) is 4.98 Å². The van der Waals surface area contributed by atoms with Crippen LogP contribution in [0.25, 0.3) is 0 Å². The molecule has 0 saturated heterocycles. The molecule has 0 aliphatic heterocycles. The molecule has 0 saturated carbocycles. The van der Waals surface area contributed by atoms with Gasteiger partial charge in [0, 0.05) is 5.56 Å². The number of pyridine rings is 1. The van der Waals surface area contributed by atoms with Crippen molar-refractivity contribution in [3.63, 3.8) is 0 Å². The van der Waals surface area contributed by atoms with Gasteiger partial charge in [-0.05, 0) is 12.1 Å². The van der Waals surface area contributed by atoms with Gasteiger partial charge in [-0.15, -0.1) is 0 Å². The molecule has 2 N–H and O–H groups in total. The summed E-state index contributed by atoms with van der Waals surface area (Å²) < 4.78 is 0. The van der Waals surface area contributed by atoms with Crippen molar-refractivity contribution >= 4 is 17.6 Å². The van der Waals surface area contributed by atoms with Gasteiger partial charge in [0.2, 0.25) is 0 Å². The number of hydrogen-bond acceptors (Lipinski definition) is 5. The molecule has 0 aliphatic carbocycles. The molecule has 7 heteroatoms. The second-order valence-electron chi connectivity index (χ2n) is 4.14. The van der Waals surface area contributed by atoms with Gasteiger partial charge in [-0.25, -0.2) is 9.78 Å². The fraction of sp³-hybridized carbons (Fsp3) is 0.0667. The van der Waals surface area contributed by atoms with E-state index < -0.39 is 6.09 Å². The third-order valence-electron chi connectivity index (χ3n) is 2.56. The number of carbonyl (C=O) groups is 1. The van der Waals surface area contributed by atoms with Crippen molar-refractivity contribution < 1.29 is 14.7 Å². The van der Waals surface area contributed by atoms with Gasteiger partial charge in [0.15, 0.2) is 12.3 Å². The lowest BCUT2D eigenvalue weighted by molar-refractivity contribution is 0.128. The summed E-state index contributed by atoms with van der Waals surface area (Å²) in [6.45, 7) is 0.0210. The monoisotopic (exact) mass is 296 g/mol. The summed E-state index contributed by atoms with van der Waals surface area (Å²) in [6.07, 6.45) is -1.19. The Morgan fingerprint density at radius 3 is 2.73 bits per heavy atom. The molecule has 0 fully saturated rings. The Balaban J connectivity index is 2.02. The molecule has 110 valence electrons. The Labute approximate surface area is 126 Å². The minimum absolute atomic E-state index is 0.0210. The molecule has 0 atom stereocenters.